The molecule has 138 valence electrons. The van der Waals surface area contributed by atoms with Crippen molar-refractivity contribution in [2.75, 3.05) is 24.7 Å². The topological polar surface area (TPSA) is 67.4 Å². The molecule has 0 saturated carbocycles. The maximum absolute atomic E-state index is 12.1. The van der Waals surface area contributed by atoms with E-state index < -0.39 is 0 Å². The molecule has 0 heterocycles. The maximum atomic E-state index is 12.1. The molecule has 0 aliphatic heterocycles. The molecular weight excluding hydrogens is 416 g/mol. The Kier molecular flexibility index (Phi) is 7.53. The molecule has 2 amide bonds. The van der Waals surface area contributed by atoms with E-state index in [0.29, 0.717) is 11.4 Å². The van der Waals surface area contributed by atoms with Gasteiger partial charge in [0.1, 0.15) is 5.75 Å². The summed E-state index contributed by atoms with van der Waals surface area (Å²) in [5.41, 5.74) is 2.69. The molecule has 7 heteroatoms. The number of thioether (sulfide) groups is 1. The highest BCUT2D eigenvalue weighted by atomic mass is 79.9. The van der Waals surface area contributed by atoms with Crippen molar-refractivity contribution < 1.29 is 14.3 Å². The summed E-state index contributed by atoms with van der Waals surface area (Å²) in [6.07, 6.45) is 0. The minimum atomic E-state index is -0.299. The van der Waals surface area contributed by atoms with Crippen LogP contribution in [0.15, 0.2) is 45.8 Å². The minimum Gasteiger partial charge on any atom is -0.495 e. The van der Waals surface area contributed by atoms with E-state index in [0.717, 1.165) is 20.5 Å². The van der Waals surface area contributed by atoms with Crippen LogP contribution in [-0.4, -0.2) is 31.2 Å². The Bertz CT molecular complexity index is 811. The number of carbonyl (C=O) groups is 2. The van der Waals surface area contributed by atoms with Crippen molar-refractivity contribution in [2.45, 2.75) is 18.7 Å². The normalized spacial score (nSPS) is 10.3. The molecule has 0 aliphatic rings. The second-order valence-corrected chi connectivity index (χ2v) is 7.66. The Morgan fingerprint density at radius 1 is 1.12 bits per heavy atom. The van der Waals surface area contributed by atoms with Gasteiger partial charge < -0.3 is 15.4 Å². The molecule has 0 radical (unpaired) electrons. The number of nitrogens with one attached hydrogen (secondary N) is 2. The van der Waals surface area contributed by atoms with Crippen molar-refractivity contribution in [3.8, 4) is 5.75 Å². The number of amides is 2. The van der Waals surface area contributed by atoms with Crippen molar-refractivity contribution >= 4 is 45.2 Å². The van der Waals surface area contributed by atoms with Gasteiger partial charge in [0.25, 0.3) is 0 Å². The van der Waals surface area contributed by atoms with Crippen LogP contribution in [0.1, 0.15) is 11.1 Å². The summed E-state index contributed by atoms with van der Waals surface area (Å²) in [6, 6.07) is 11.4. The summed E-state index contributed by atoms with van der Waals surface area (Å²) in [7, 11) is 1.55. The van der Waals surface area contributed by atoms with Gasteiger partial charge in [-0.25, -0.2) is 0 Å². The van der Waals surface area contributed by atoms with Crippen molar-refractivity contribution in [3.63, 3.8) is 0 Å². The molecule has 2 rings (SSSR count). The summed E-state index contributed by atoms with van der Waals surface area (Å²) >= 11 is 4.86. The molecule has 2 N–H and O–H groups in total. The van der Waals surface area contributed by atoms with Gasteiger partial charge in [-0.2, -0.15) is 0 Å². The van der Waals surface area contributed by atoms with Gasteiger partial charge in [-0.3, -0.25) is 9.59 Å². The molecule has 0 spiro atoms. The number of halogens is 1. The average Bonchev–Trinajstić information content (AvgIpc) is 2.59. The number of benzene rings is 2. The fraction of sp³-hybridized carbons (Fsp3) is 0.263. The summed E-state index contributed by atoms with van der Waals surface area (Å²) in [5, 5.41) is 5.39. The number of anilines is 1. The van der Waals surface area contributed by atoms with Crippen LogP contribution in [0.25, 0.3) is 0 Å². The first kappa shape index (κ1) is 20.3. The fourth-order valence-corrected chi connectivity index (χ4v) is 3.58. The smallest absolute Gasteiger partial charge is 0.243 e. The van der Waals surface area contributed by atoms with Crippen molar-refractivity contribution in [3.05, 3.63) is 52.0 Å². The summed E-state index contributed by atoms with van der Waals surface area (Å²) in [5.74, 6) is 0.344. The third-order valence-electron chi connectivity index (χ3n) is 3.57. The predicted molar refractivity (Wildman–Crippen MR) is 109 cm³/mol. The SMILES string of the molecule is COc1ccc(C)cc1NC(=O)CNC(=O)CSc1ccc(Br)cc1C. The van der Waals surface area contributed by atoms with Crippen LogP contribution < -0.4 is 15.4 Å². The number of aryl methyl sites for hydroxylation is 2. The van der Waals surface area contributed by atoms with E-state index in [1.165, 1.54) is 11.8 Å². The lowest BCUT2D eigenvalue weighted by molar-refractivity contribution is -0.122. The maximum Gasteiger partial charge on any atom is 0.243 e. The molecule has 0 saturated heterocycles. The van der Waals surface area contributed by atoms with Gasteiger partial charge in [0.2, 0.25) is 11.8 Å². The van der Waals surface area contributed by atoms with Crippen LogP contribution in [0.4, 0.5) is 5.69 Å². The van der Waals surface area contributed by atoms with E-state index >= 15 is 0 Å². The lowest BCUT2D eigenvalue weighted by atomic mass is 10.2. The van der Waals surface area contributed by atoms with Gasteiger partial charge in [0.15, 0.2) is 0 Å². The van der Waals surface area contributed by atoms with Gasteiger partial charge in [0, 0.05) is 9.37 Å². The van der Waals surface area contributed by atoms with Gasteiger partial charge in [-0.15, -0.1) is 11.8 Å². The Morgan fingerprint density at radius 3 is 2.58 bits per heavy atom. The van der Waals surface area contributed by atoms with Crippen LogP contribution in [0, 0.1) is 13.8 Å². The summed E-state index contributed by atoms with van der Waals surface area (Å²) in [4.78, 5) is 25.1. The molecule has 2 aromatic carbocycles. The lowest BCUT2D eigenvalue weighted by Gasteiger charge is -2.11. The molecule has 0 atom stereocenters. The first-order valence-electron chi connectivity index (χ1n) is 7.99. The summed E-state index contributed by atoms with van der Waals surface area (Å²) < 4.78 is 6.23. The first-order valence-corrected chi connectivity index (χ1v) is 9.77. The Morgan fingerprint density at radius 2 is 1.88 bits per heavy atom. The largest absolute Gasteiger partial charge is 0.495 e. The Balaban J connectivity index is 1.81. The fourth-order valence-electron chi connectivity index (χ4n) is 2.26. The Hall–Kier alpha value is -1.99. The number of methoxy groups -OCH3 is 1. The highest BCUT2D eigenvalue weighted by Crippen LogP contribution is 2.26. The van der Waals surface area contributed by atoms with Crippen LogP contribution in [-0.2, 0) is 9.59 Å². The van der Waals surface area contributed by atoms with Gasteiger partial charge in [-0.1, -0.05) is 22.0 Å². The summed E-state index contributed by atoms with van der Waals surface area (Å²) in [6.45, 7) is 3.84. The zero-order valence-corrected chi connectivity index (χ0v) is 17.3. The third kappa shape index (κ3) is 6.07. The van der Waals surface area contributed by atoms with E-state index in [4.69, 9.17) is 4.74 Å². The highest BCUT2D eigenvalue weighted by molar-refractivity contribution is 9.10. The van der Waals surface area contributed by atoms with E-state index in [2.05, 4.69) is 26.6 Å². The quantitative estimate of drug-likeness (QED) is 0.645. The van der Waals surface area contributed by atoms with E-state index in [-0.39, 0.29) is 24.1 Å². The molecule has 0 fully saturated rings. The number of rotatable bonds is 7. The van der Waals surface area contributed by atoms with Crippen LogP contribution in [0.2, 0.25) is 0 Å². The third-order valence-corrected chi connectivity index (χ3v) is 5.24. The first-order chi connectivity index (χ1) is 12.4. The monoisotopic (exact) mass is 436 g/mol. The van der Waals surface area contributed by atoms with Gasteiger partial charge in [0.05, 0.1) is 25.1 Å². The zero-order chi connectivity index (χ0) is 19.1. The van der Waals surface area contributed by atoms with Crippen molar-refractivity contribution in [1.82, 2.24) is 5.32 Å². The second kappa shape index (κ2) is 9.64. The van der Waals surface area contributed by atoms with Crippen molar-refractivity contribution in [2.24, 2.45) is 0 Å². The minimum absolute atomic E-state index is 0.0875. The standard InChI is InChI=1S/C19H21BrN2O3S/c1-12-4-6-16(25-3)15(8-12)22-18(23)10-21-19(24)11-26-17-7-5-14(20)9-13(17)2/h4-9H,10-11H2,1-3H3,(H,21,24)(H,22,23). The van der Waals surface area contributed by atoms with Gasteiger partial charge in [-0.05, 0) is 55.3 Å². The molecule has 5 nitrogen and oxygen atoms in total. The molecule has 0 aromatic heterocycles. The lowest BCUT2D eigenvalue weighted by Crippen LogP contribution is -2.34. The van der Waals surface area contributed by atoms with Crippen LogP contribution in [0.3, 0.4) is 0 Å². The zero-order valence-electron chi connectivity index (χ0n) is 14.9. The average molecular weight is 437 g/mol. The molecule has 0 aliphatic carbocycles. The highest BCUT2D eigenvalue weighted by Gasteiger charge is 2.10. The number of hydrogen-bond acceptors (Lipinski definition) is 4. The van der Waals surface area contributed by atoms with E-state index in [9.17, 15) is 9.59 Å². The van der Waals surface area contributed by atoms with Crippen LogP contribution in [0.5, 0.6) is 5.75 Å². The van der Waals surface area contributed by atoms with Crippen LogP contribution >= 0.6 is 27.7 Å². The van der Waals surface area contributed by atoms with Crippen molar-refractivity contribution in [1.29, 1.82) is 0 Å². The van der Waals surface area contributed by atoms with Gasteiger partial charge >= 0.3 is 0 Å². The number of ether oxygens (including phenoxy) is 1. The molecule has 0 unspecified atom stereocenters. The number of hydrogen-bond donors (Lipinski definition) is 2. The van der Waals surface area contributed by atoms with E-state index in [1.807, 2.05) is 44.2 Å². The number of carbonyl (C=O) groups excluding carboxylic acids is 2. The molecule has 0 bridgehead atoms. The van der Waals surface area contributed by atoms with E-state index in [1.54, 1.807) is 13.2 Å². The molecular formula is C19H21BrN2O3S. The Labute approximate surface area is 166 Å². The molecule has 2 aromatic rings. The predicted octanol–water partition coefficient (Wildman–Crippen LogP) is 3.92. The molecule has 26 heavy (non-hydrogen) atoms. The second-order valence-electron chi connectivity index (χ2n) is 5.73.